The number of fused-ring (bicyclic) bond motifs is 1. The Morgan fingerprint density at radius 2 is 1.89 bits per heavy atom. The zero-order valence-electron chi connectivity index (χ0n) is 10.3. The van der Waals surface area contributed by atoms with Crippen molar-refractivity contribution in [2.24, 2.45) is 5.92 Å². The second-order valence-electron chi connectivity index (χ2n) is 4.72. The van der Waals surface area contributed by atoms with Crippen molar-refractivity contribution in [3.8, 4) is 0 Å². The van der Waals surface area contributed by atoms with Gasteiger partial charge in [-0.25, -0.2) is 4.98 Å². The van der Waals surface area contributed by atoms with Gasteiger partial charge >= 0.3 is 0 Å². The molecular formula is C15H13BrN2O. The van der Waals surface area contributed by atoms with Crippen molar-refractivity contribution in [2.45, 2.75) is 12.8 Å². The molecule has 1 heterocycles. The summed E-state index contributed by atoms with van der Waals surface area (Å²) < 4.78 is 0.910. The predicted molar refractivity (Wildman–Crippen MR) is 77.9 cm³/mol. The van der Waals surface area contributed by atoms with Crippen LogP contribution in [0.15, 0.2) is 47.1 Å². The topological polar surface area (TPSA) is 42.0 Å². The Bertz CT molecular complexity index is 602. The van der Waals surface area contributed by atoms with Crippen LogP contribution in [0.3, 0.4) is 0 Å². The standard InChI is InChI=1S/C15H13BrN2O/c16-13-5-6-17-14(9-13)18-15(19)12-7-10-3-1-2-4-11(10)8-12/h1-6,9,12H,7-8H2,(H,17,18,19). The monoisotopic (exact) mass is 316 g/mol. The summed E-state index contributed by atoms with van der Waals surface area (Å²) in [6, 6.07) is 11.9. The van der Waals surface area contributed by atoms with E-state index < -0.39 is 0 Å². The number of rotatable bonds is 2. The van der Waals surface area contributed by atoms with Crippen LogP contribution < -0.4 is 5.32 Å². The van der Waals surface area contributed by atoms with E-state index in [0.717, 1.165) is 17.3 Å². The maximum Gasteiger partial charge on any atom is 0.229 e. The highest BCUT2D eigenvalue weighted by Gasteiger charge is 2.27. The molecule has 0 saturated carbocycles. The lowest BCUT2D eigenvalue weighted by Gasteiger charge is -2.09. The van der Waals surface area contributed by atoms with Crippen LogP contribution in [-0.4, -0.2) is 10.9 Å². The molecule has 19 heavy (non-hydrogen) atoms. The number of pyridine rings is 1. The van der Waals surface area contributed by atoms with E-state index in [1.165, 1.54) is 11.1 Å². The van der Waals surface area contributed by atoms with Crippen LogP contribution in [0.5, 0.6) is 0 Å². The van der Waals surface area contributed by atoms with Gasteiger partial charge in [-0.1, -0.05) is 40.2 Å². The lowest BCUT2D eigenvalue weighted by atomic mass is 10.1. The van der Waals surface area contributed by atoms with Crippen molar-refractivity contribution >= 4 is 27.7 Å². The molecule has 0 atom stereocenters. The maximum absolute atomic E-state index is 12.2. The zero-order chi connectivity index (χ0) is 13.2. The number of benzene rings is 1. The third kappa shape index (κ3) is 2.68. The Morgan fingerprint density at radius 3 is 2.53 bits per heavy atom. The molecule has 0 unspecified atom stereocenters. The average Bonchev–Trinajstić information content (AvgIpc) is 2.82. The minimum atomic E-state index is 0.0122. The lowest BCUT2D eigenvalue weighted by Crippen LogP contribution is -2.23. The first-order valence-electron chi connectivity index (χ1n) is 6.21. The summed E-state index contributed by atoms with van der Waals surface area (Å²) in [5, 5.41) is 2.88. The summed E-state index contributed by atoms with van der Waals surface area (Å²) in [4.78, 5) is 16.4. The predicted octanol–water partition coefficient (Wildman–Crippen LogP) is 3.20. The highest BCUT2D eigenvalue weighted by Crippen LogP contribution is 2.27. The van der Waals surface area contributed by atoms with Crippen molar-refractivity contribution in [1.29, 1.82) is 0 Å². The van der Waals surface area contributed by atoms with Crippen molar-refractivity contribution in [1.82, 2.24) is 4.98 Å². The van der Waals surface area contributed by atoms with Gasteiger partial charge in [-0.05, 0) is 36.1 Å². The summed E-state index contributed by atoms with van der Waals surface area (Å²) in [6.07, 6.45) is 3.30. The van der Waals surface area contributed by atoms with Gasteiger partial charge in [-0.3, -0.25) is 4.79 Å². The van der Waals surface area contributed by atoms with E-state index in [-0.39, 0.29) is 11.8 Å². The Kier molecular flexibility index (Phi) is 3.34. The minimum Gasteiger partial charge on any atom is -0.310 e. The first kappa shape index (κ1) is 12.4. The number of nitrogens with one attached hydrogen (secondary N) is 1. The molecule has 1 aliphatic carbocycles. The van der Waals surface area contributed by atoms with E-state index in [1.807, 2.05) is 18.2 Å². The first-order chi connectivity index (χ1) is 9.22. The minimum absolute atomic E-state index is 0.0122. The maximum atomic E-state index is 12.2. The van der Waals surface area contributed by atoms with Crippen molar-refractivity contribution in [3.63, 3.8) is 0 Å². The highest BCUT2D eigenvalue weighted by atomic mass is 79.9. The average molecular weight is 317 g/mol. The van der Waals surface area contributed by atoms with Gasteiger partial charge in [0.1, 0.15) is 5.82 Å². The largest absolute Gasteiger partial charge is 0.310 e. The SMILES string of the molecule is O=C(Nc1cc(Br)ccn1)C1Cc2ccccc2C1. The second kappa shape index (κ2) is 5.13. The van der Waals surface area contributed by atoms with Gasteiger partial charge in [0, 0.05) is 16.6 Å². The first-order valence-corrected chi connectivity index (χ1v) is 7.01. The quantitative estimate of drug-likeness (QED) is 0.924. The molecular weight excluding hydrogens is 304 g/mol. The van der Waals surface area contributed by atoms with Crippen LogP contribution in [0, 0.1) is 5.92 Å². The van der Waals surface area contributed by atoms with Gasteiger partial charge in [0.15, 0.2) is 0 Å². The van der Waals surface area contributed by atoms with Crippen LogP contribution in [0.2, 0.25) is 0 Å². The summed E-state index contributed by atoms with van der Waals surface area (Å²) in [6.45, 7) is 0. The number of hydrogen-bond acceptors (Lipinski definition) is 2. The highest BCUT2D eigenvalue weighted by molar-refractivity contribution is 9.10. The lowest BCUT2D eigenvalue weighted by molar-refractivity contribution is -0.119. The molecule has 2 aromatic rings. The molecule has 0 saturated heterocycles. The number of nitrogens with zero attached hydrogens (tertiary/aromatic N) is 1. The fourth-order valence-corrected chi connectivity index (χ4v) is 2.78. The molecule has 0 spiro atoms. The molecule has 3 nitrogen and oxygen atoms in total. The second-order valence-corrected chi connectivity index (χ2v) is 5.64. The molecule has 4 heteroatoms. The molecule has 0 fully saturated rings. The number of halogens is 1. The van der Waals surface area contributed by atoms with E-state index in [0.29, 0.717) is 5.82 Å². The van der Waals surface area contributed by atoms with E-state index in [9.17, 15) is 4.79 Å². The third-order valence-corrected chi connectivity index (χ3v) is 3.89. The Balaban J connectivity index is 1.70. The summed E-state index contributed by atoms with van der Waals surface area (Å²) in [5.41, 5.74) is 2.56. The van der Waals surface area contributed by atoms with E-state index in [4.69, 9.17) is 0 Å². The number of carbonyl (C=O) groups excluding carboxylic acids is 1. The Labute approximate surface area is 120 Å². The van der Waals surface area contributed by atoms with Crippen LogP contribution in [0.1, 0.15) is 11.1 Å². The molecule has 1 aromatic heterocycles. The molecule has 0 bridgehead atoms. The molecule has 1 aromatic carbocycles. The molecule has 1 aliphatic rings. The fourth-order valence-electron chi connectivity index (χ4n) is 2.45. The summed E-state index contributed by atoms with van der Waals surface area (Å²) in [5.74, 6) is 0.648. The van der Waals surface area contributed by atoms with Gasteiger partial charge in [-0.2, -0.15) is 0 Å². The third-order valence-electron chi connectivity index (χ3n) is 3.40. The number of aromatic nitrogens is 1. The molecule has 1 amide bonds. The number of carbonyl (C=O) groups is 1. The molecule has 96 valence electrons. The summed E-state index contributed by atoms with van der Waals surface area (Å²) >= 11 is 3.37. The van der Waals surface area contributed by atoms with Crippen LogP contribution in [0.4, 0.5) is 5.82 Å². The van der Waals surface area contributed by atoms with Crippen molar-refractivity contribution in [2.75, 3.05) is 5.32 Å². The molecule has 0 aliphatic heterocycles. The van der Waals surface area contributed by atoms with Gasteiger partial charge < -0.3 is 5.32 Å². The molecule has 1 N–H and O–H groups in total. The van der Waals surface area contributed by atoms with Crippen LogP contribution in [-0.2, 0) is 17.6 Å². The number of anilines is 1. The Hall–Kier alpha value is -1.68. The van der Waals surface area contributed by atoms with Crippen LogP contribution >= 0.6 is 15.9 Å². The zero-order valence-corrected chi connectivity index (χ0v) is 11.9. The fraction of sp³-hybridized carbons (Fsp3) is 0.200. The smallest absolute Gasteiger partial charge is 0.229 e. The number of amides is 1. The van der Waals surface area contributed by atoms with Crippen molar-refractivity contribution in [3.05, 3.63) is 58.2 Å². The Morgan fingerprint density at radius 1 is 1.21 bits per heavy atom. The van der Waals surface area contributed by atoms with Crippen LogP contribution in [0.25, 0.3) is 0 Å². The van der Waals surface area contributed by atoms with Gasteiger partial charge in [-0.15, -0.1) is 0 Å². The van der Waals surface area contributed by atoms with Crippen molar-refractivity contribution < 1.29 is 4.79 Å². The van der Waals surface area contributed by atoms with Gasteiger partial charge in [0.2, 0.25) is 5.91 Å². The van der Waals surface area contributed by atoms with E-state index >= 15 is 0 Å². The van der Waals surface area contributed by atoms with E-state index in [2.05, 4.69) is 38.4 Å². The van der Waals surface area contributed by atoms with Gasteiger partial charge in [0.05, 0.1) is 0 Å². The summed E-state index contributed by atoms with van der Waals surface area (Å²) in [7, 11) is 0. The number of hydrogen-bond donors (Lipinski definition) is 1. The van der Waals surface area contributed by atoms with E-state index in [1.54, 1.807) is 12.3 Å². The van der Waals surface area contributed by atoms with Gasteiger partial charge in [0.25, 0.3) is 0 Å². The molecule has 3 rings (SSSR count). The molecule has 0 radical (unpaired) electrons. The normalized spacial score (nSPS) is 14.2.